The number of rotatable bonds is 5. The fourth-order valence-corrected chi connectivity index (χ4v) is 1.83. The van der Waals surface area contributed by atoms with Gasteiger partial charge in [0.15, 0.2) is 0 Å². The van der Waals surface area contributed by atoms with Crippen LogP contribution >= 0.6 is 0 Å². The van der Waals surface area contributed by atoms with Gasteiger partial charge in [-0.05, 0) is 37.3 Å². The molecule has 1 aromatic rings. The Bertz CT molecular complexity index is 388. The molecule has 0 radical (unpaired) electrons. The number of aromatic nitrogens is 1. The zero-order valence-electron chi connectivity index (χ0n) is 10.4. The van der Waals surface area contributed by atoms with Gasteiger partial charge in [0.25, 0.3) is 5.91 Å². The number of nitrogens with one attached hydrogen (secondary N) is 2. The third-order valence-corrected chi connectivity index (χ3v) is 3.18. The van der Waals surface area contributed by atoms with Gasteiger partial charge in [-0.2, -0.15) is 0 Å². The zero-order chi connectivity index (χ0) is 12.3. The van der Waals surface area contributed by atoms with Crippen LogP contribution in [0.5, 0.6) is 0 Å². The fourth-order valence-electron chi connectivity index (χ4n) is 1.83. The van der Waals surface area contributed by atoms with Crippen molar-refractivity contribution in [3.8, 4) is 0 Å². The van der Waals surface area contributed by atoms with Gasteiger partial charge >= 0.3 is 0 Å². The second-order valence-corrected chi connectivity index (χ2v) is 4.65. The first-order valence-electron chi connectivity index (χ1n) is 6.18. The predicted octanol–water partition coefficient (Wildman–Crippen LogP) is 1.90. The van der Waals surface area contributed by atoms with Crippen LogP contribution in [0, 0.1) is 11.8 Å². The van der Waals surface area contributed by atoms with Crippen molar-refractivity contribution < 1.29 is 4.79 Å². The molecule has 4 heteroatoms. The van der Waals surface area contributed by atoms with E-state index >= 15 is 0 Å². The maximum absolute atomic E-state index is 11.8. The van der Waals surface area contributed by atoms with E-state index in [-0.39, 0.29) is 5.91 Å². The monoisotopic (exact) mass is 233 g/mol. The highest BCUT2D eigenvalue weighted by Gasteiger charge is 2.32. The van der Waals surface area contributed by atoms with Gasteiger partial charge in [-0.1, -0.05) is 6.92 Å². The molecule has 2 rings (SSSR count). The van der Waals surface area contributed by atoms with Crippen LogP contribution in [0.1, 0.15) is 30.8 Å². The second kappa shape index (κ2) is 5.17. The van der Waals surface area contributed by atoms with E-state index in [1.165, 1.54) is 6.42 Å². The van der Waals surface area contributed by atoms with Crippen LogP contribution < -0.4 is 10.6 Å². The fraction of sp³-hybridized carbons (Fsp3) is 0.538. The van der Waals surface area contributed by atoms with E-state index in [4.69, 9.17) is 0 Å². The van der Waals surface area contributed by atoms with Gasteiger partial charge in [0.2, 0.25) is 0 Å². The van der Waals surface area contributed by atoms with Crippen LogP contribution in [-0.2, 0) is 0 Å². The smallest absolute Gasteiger partial charge is 0.269 e. The van der Waals surface area contributed by atoms with Gasteiger partial charge in [0, 0.05) is 13.1 Å². The van der Waals surface area contributed by atoms with E-state index in [2.05, 4.69) is 22.5 Å². The molecule has 0 aromatic carbocycles. The number of hydrogen-bond donors (Lipinski definition) is 2. The molecule has 0 spiro atoms. The molecule has 1 aromatic heterocycles. The highest BCUT2D eigenvalue weighted by Crippen LogP contribution is 2.36. The van der Waals surface area contributed by atoms with E-state index in [9.17, 15) is 4.79 Å². The van der Waals surface area contributed by atoms with Crippen LogP contribution in [0.2, 0.25) is 0 Å². The molecule has 1 heterocycles. The first kappa shape index (κ1) is 11.9. The summed E-state index contributed by atoms with van der Waals surface area (Å²) in [5.74, 6) is 1.35. The summed E-state index contributed by atoms with van der Waals surface area (Å²) in [4.78, 5) is 15.9. The molecule has 1 aliphatic carbocycles. The van der Waals surface area contributed by atoms with Crippen molar-refractivity contribution in [1.82, 2.24) is 10.3 Å². The molecule has 2 N–H and O–H groups in total. The maximum atomic E-state index is 11.8. The van der Waals surface area contributed by atoms with E-state index < -0.39 is 0 Å². The minimum absolute atomic E-state index is 0.0767. The van der Waals surface area contributed by atoms with E-state index in [1.807, 2.05) is 13.0 Å². The van der Waals surface area contributed by atoms with Crippen molar-refractivity contribution >= 4 is 11.6 Å². The molecule has 1 amide bonds. The van der Waals surface area contributed by atoms with Crippen molar-refractivity contribution in [1.29, 1.82) is 0 Å². The lowest BCUT2D eigenvalue weighted by atomic mass is 10.3. The Morgan fingerprint density at radius 2 is 2.29 bits per heavy atom. The Morgan fingerprint density at radius 3 is 2.82 bits per heavy atom. The minimum Gasteiger partial charge on any atom is -0.384 e. The first-order valence-corrected chi connectivity index (χ1v) is 6.18. The molecule has 0 saturated heterocycles. The molecule has 1 fully saturated rings. The number of amides is 1. The second-order valence-electron chi connectivity index (χ2n) is 4.65. The van der Waals surface area contributed by atoms with Crippen molar-refractivity contribution in [3.05, 3.63) is 24.0 Å². The van der Waals surface area contributed by atoms with Crippen LogP contribution in [0.3, 0.4) is 0 Å². The van der Waals surface area contributed by atoms with Gasteiger partial charge in [-0.3, -0.25) is 4.79 Å². The van der Waals surface area contributed by atoms with Crippen LogP contribution in [0.25, 0.3) is 0 Å². The lowest BCUT2D eigenvalue weighted by molar-refractivity contribution is 0.0946. The normalized spacial score (nSPS) is 22.0. The number of hydrogen-bond acceptors (Lipinski definition) is 3. The molecule has 1 saturated carbocycles. The molecule has 0 aliphatic heterocycles. The average molecular weight is 233 g/mol. The van der Waals surface area contributed by atoms with Gasteiger partial charge in [-0.15, -0.1) is 0 Å². The molecule has 2 unspecified atom stereocenters. The Labute approximate surface area is 102 Å². The first-order chi connectivity index (χ1) is 8.20. The Hall–Kier alpha value is -1.58. The third-order valence-electron chi connectivity index (χ3n) is 3.18. The summed E-state index contributed by atoms with van der Waals surface area (Å²) in [5.41, 5.74) is 1.43. The standard InChI is InChI=1S/C13H19N3O/c1-3-14-11-4-5-12(15-8-11)13(17)16-7-10-6-9(10)2/h4-5,8-10,14H,3,6-7H2,1-2H3,(H,16,17). The molecule has 2 atom stereocenters. The molecule has 1 aliphatic rings. The highest BCUT2D eigenvalue weighted by molar-refractivity contribution is 5.92. The molecule has 4 nitrogen and oxygen atoms in total. The van der Waals surface area contributed by atoms with E-state index in [0.29, 0.717) is 11.6 Å². The molecule has 92 valence electrons. The summed E-state index contributed by atoms with van der Waals surface area (Å²) < 4.78 is 0. The van der Waals surface area contributed by atoms with Gasteiger partial charge in [0.1, 0.15) is 5.69 Å². The maximum Gasteiger partial charge on any atom is 0.269 e. The van der Waals surface area contributed by atoms with Gasteiger partial charge in [0.05, 0.1) is 11.9 Å². The minimum atomic E-state index is -0.0767. The summed E-state index contributed by atoms with van der Waals surface area (Å²) in [5, 5.41) is 6.07. The number of nitrogens with zero attached hydrogens (tertiary/aromatic N) is 1. The average Bonchev–Trinajstić information content (AvgIpc) is 3.04. The molecule has 17 heavy (non-hydrogen) atoms. The third kappa shape index (κ3) is 3.19. The van der Waals surface area contributed by atoms with Gasteiger partial charge < -0.3 is 10.6 Å². The summed E-state index contributed by atoms with van der Waals surface area (Å²) in [6, 6.07) is 3.63. The van der Waals surface area contributed by atoms with E-state index in [1.54, 1.807) is 12.3 Å². The van der Waals surface area contributed by atoms with Crippen LogP contribution in [-0.4, -0.2) is 24.0 Å². The summed E-state index contributed by atoms with van der Waals surface area (Å²) in [7, 11) is 0. The Kier molecular flexibility index (Phi) is 3.61. The number of carbonyl (C=O) groups is 1. The predicted molar refractivity (Wildman–Crippen MR) is 68.0 cm³/mol. The number of pyridine rings is 1. The Morgan fingerprint density at radius 1 is 1.53 bits per heavy atom. The van der Waals surface area contributed by atoms with Crippen molar-refractivity contribution in [2.24, 2.45) is 11.8 Å². The summed E-state index contributed by atoms with van der Waals surface area (Å²) in [6.07, 6.45) is 2.92. The quantitative estimate of drug-likeness (QED) is 0.816. The SMILES string of the molecule is CCNc1ccc(C(=O)NCC2CC2C)nc1. The Balaban J connectivity index is 1.85. The van der Waals surface area contributed by atoms with Crippen LogP contribution in [0.15, 0.2) is 18.3 Å². The molecular formula is C13H19N3O. The lowest BCUT2D eigenvalue weighted by Crippen LogP contribution is -2.26. The molecular weight excluding hydrogens is 214 g/mol. The largest absolute Gasteiger partial charge is 0.384 e. The zero-order valence-corrected chi connectivity index (χ0v) is 10.4. The van der Waals surface area contributed by atoms with Crippen molar-refractivity contribution in [2.45, 2.75) is 20.3 Å². The number of anilines is 1. The lowest BCUT2D eigenvalue weighted by Gasteiger charge is -2.05. The van der Waals surface area contributed by atoms with Crippen molar-refractivity contribution in [3.63, 3.8) is 0 Å². The highest BCUT2D eigenvalue weighted by atomic mass is 16.1. The van der Waals surface area contributed by atoms with Crippen LogP contribution in [0.4, 0.5) is 5.69 Å². The topological polar surface area (TPSA) is 54.0 Å². The van der Waals surface area contributed by atoms with E-state index in [0.717, 1.165) is 24.7 Å². The summed E-state index contributed by atoms with van der Waals surface area (Å²) >= 11 is 0. The molecule has 0 bridgehead atoms. The summed E-state index contributed by atoms with van der Waals surface area (Å²) in [6.45, 7) is 5.86. The number of carbonyl (C=O) groups excluding carboxylic acids is 1. The van der Waals surface area contributed by atoms with Gasteiger partial charge in [-0.25, -0.2) is 4.98 Å². The van der Waals surface area contributed by atoms with Crippen molar-refractivity contribution in [2.75, 3.05) is 18.4 Å².